The molecule has 4 aliphatic heterocycles. The predicted molar refractivity (Wildman–Crippen MR) is 86.4 cm³/mol. The molecule has 0 saturated carbocycles. The molecular weight excluding hydrogens is 274 g/mol. The maximum atomic E-state index is 12.6. The number of rotatable bonds is 3. The Balaban J connectivity index is 1.68. The van der Waals surface area contributed by atoms with Gasteiger partial charge < -0.3 is 10.6 Å². The highest BCUT2D eigenvalue weighted by Crippen LogP contribution is 2.46. The fraction of sp³-hybridized carbons (Fsp3) is 0.611. The van der Waals surface area contributed by atoms with Crippen molar-refractivity contribution in [3.63, 3.8) is 0 Å². The van der Waals surface area contributed by atoms with E-state index in [2.05, 4.69) is 40.1 Å². The van der Waals surface area contributed by atoms with Crippen molar-refractivity contribution in [3.05, 3.63) is 35.9 Å². The predicted octanol–water partition coefficient (Wildman–Crippen LogP) is 1.42. The Kier molecular flexibility index (Phi) is 3.66. The summed E-state index contributed by atoms with van der Waals surface area (Å²) in [4.78, 5) is 17.4. The van der Waals surface area contributed by atoms with Crippen LogP contribution in [0.15, 0.2) is 30.3 Å². The number of benzene rings is 1. The third-order valence-corrected chi connectivity index (χ3v) is 5.90. The zero-order valence-electron chi connectivity index (χ0n) is 13.0. The van der Waals surface area contributed by atoms with E-state index >= 15 is 0 Å². The maximum Gasteiger partial charge on any atom is 0.224 e. The van der Waals surface area contributed by atoms with Gasteiger partial charge in [-0.15, -0.1) is 0 Å². The lowest BCUT2D eigenvalue weighted by atomic mass is 9.75. The number of hydrogen-bond donors (Lipinski definition) is 1. The highest BCUT2D eigenvalue weighted by molar-refractivity contribution is 5.77. The summed E-state index contributed by atoms with van der Waals surface area (Å²) < 4.78 is 0. The molecular formula is C18H25N3O. The zero-order chi connectivity index (χ0) is 15.1. The molecule has 3 atom stereocenters. The lowest BCUT2D eigenvalue weighted by Crippen LogP contribution is -2.60. The Hall–Kier alpha value is -1.39. The molecule has 0 aliphatic carbocycles. The van der Waals surface area contributed by atoms with Crippen LogP contribution in [0.1, 0.15) is 30.7 Å². The molecule has 0 spiro atoms. The van der Waals surface area contributed by atoms with Crippen LogP contribution in [0, 0.1) is 5.92 Å². The number of likely N-dealkylation sites (tertiary alicyclic amines) is 1. The van der Waals surface area contributed by atoms with Gasteiger partial charge in [0.25, 0.3) is 0 Å². The molecule has 0 aromatic heterocycles. The fourth-order valence-corrected chi connectivity index (χ4v) is 4.96. The molecule has 22 heavy (non-hydrogen) atoms. The summed E-state index contributed by atoms with van der Waals surface area (Å²) >= 11 is 0. The Bertz CT molecular complexity index is 539. The molecule has 2 N–H and O–H groups in total. The number of piperidine rings is 3. The summed E-state index contributed by atoms with van der Waals surface area (Å²) in [5.74, 6) is 1.39. The minimum atomic E-state index is 0.254. The molecule has 4 fully saturated rings. The minimum absolute atomic E-state index is 0.254. The van der Waals surface area contributed by atoms with E-state index in [0.29, 0.717) is 36.9 Å². The van der Waals surface area contributed by atoms with Gasteiger partial charge in [-0.25, -0.2) is 0 Å². The molecule has 4 saturated heterocycles. The maximum absolute atomic E-state index is 12.6. The quantitative estimate of drug-likeness (QED) is 0.918. The number of carbonyl (C=O) groups excluding carboxylic acids is 1. The second kappa shape index (κ2) is 5.67. The summed E-state index contributed by atoms with van der Waals surface area (Å²) in [5, 5.41) is 0. The summed E-state index contributed by atoms with van der Waals surface area (Å²) in [6.07, 6.45) is 2.97. The van der Waals surface area contributed by atoms with Crippen LogP contribution >= 0.6 is 0 Å². The topological polar surface area (TPSA) is 49.6 Å². The molecule has 118 valence electrons. The van der Waals surface area contributed by atoms with Gasteiger partial charge in [0, 0.05) is 31.5 Å². The highest BCUT2D eigenvalue weighted by atomic mass is 16.2. The van der Waals surface area contributed by atoms with Crippen LogP contribution in [0.5, 0.6) is 0 Å². The lowest BCUT2D eigenvalue weighted by molar-refractivity contribution is -0.135. The van der Waals surface area contributed by atoms with Crippen LogP contribution in [0.4, 0.5) is 0 Å². The Morgan fingerprint density at radius 3 is 2.55 bits per heavy atom. The third-order valence-electron chi connectivity index (χ3n) is 5.90. The zero-order valence-corrected chi connectivity index (χ0v) is 13.0. The lowest BCUT2D eigenvalue weighted by Gasteiger charge is -2.51. The van der Waals surface area contributed by atoms with Crippen LogP contribution in [-0.2, 0) is 4.79 Å². The van der Waals surface area contributed by atoms with Gasteiger partial charge in [0.1, 0.15) is 0 Å². The van der Waals surface area contributed by atoms with E-state index in [1.165, 1.54) is 31.5 Å². The largest absolute Gasteiger partial charge is 0.337 e. The monoisotopic (exact) mass is 299 g/mol. The Morgan fingerprint density at radius 2 is 1.86 bits per heavy atom. The van der Waals surface area contributed by atoms with Crippen molar-refractivity contribution in [2.45, 2.75) is 37.3 Å². The van der Waals surface area contributed by atoms with Gasteiger partial charge in [0.2, 0.25) is 5.91 Å². The third kappa shape index (κ3) is 2.17. The molecule has 4 heterocycles. The number of nitrogens with zero attached hydrogens (tertiary/aromatic N) is 2. The van der Waals surface area contributed by atoms with E-state index in [9.17, 15) is 4.79 Å². The van der Waals surface area contributed by atoms with Gasteiger partial charge in [-0.1, -0.05) is 30.3 Å². The van der Waals surface area contributed by atoms with Crippen molar-refractivity contribution in [2.75, 3.05) is 26.2 Å². The molecule has 4 heteroatoms. The van der Waals surface area contributed by atoms with Gasteiger partial charge in [-0.2, -0.15) is 0 Å². The Labute approximate surface area is 132 Å². The molecule has 0 unspecified atom stereocenters. The molecule has 0 radical (unpaired) electrons. The van der Waals surface area contributed by atoms with Crippen molar-refractivity contribution in [2.24, 2.45) is 11.7 Å². The average molecular weight is 299 g/mol. The van der Waals surface area contributed by atoms with Gasteiger partial charge in [-0.3, -0.25) is 9.69 Å². The first-order chi connectivity index (χ1) is 10.8. The van der Waals surface area contributed by atoms with E-state index in [1.807, 2.05) is 0 Å². The van der Waals surface area contributed by atoms with E-state index in [0.717, 1.165) is 6.54 Å². The van der Waals surface area contributed by atoms with Crippen molar-refractivity contribution < 1.29 is 4.79 Å². The van der Waals surface area contributed by atoms with E-state index in [4.69, 9.17) is 5.73 Å². The molecule has 1 aromatic carbocycles. The number of fused-ring (bicyclic) bond motifs is 2. The van der Waals surface area contributed by atoms with Crippen molar-refractivity contribution in [1.82, 2.24) is 9.80 Å². The Morgan fingerprint density at radius 1 is 1.14 bits per heavy atom. The van der Waals surface area contributed by atoms with Gasteiger partial charge in [-0.05, 0) is 37.4 Å². The first-order valence-electron chi connectivity index (χ1n) is 8.58. The fourth-order valence-electron chi connectivity index (χ4n) is 4.96. The van der Waals surface area contributed by atoms with Crippen LogP contribution in [-0.4, -0.2) is 54.0 Å². The molecule has 1 aromatic rings. The summed E-state index contributed by atoms with van der Waals surface area (Å²) in [6, 6.07) is 11.7. The van der Waals surface area contributed by atoms with Crippen LogP contribution in [0.2, 0.25) is 0 Å². The standard InChI is InChI=1S/C18H25N3O/c19-9-6-16(22)21-12-15(13-4-2-1-3-5-13)18-17(21)14-7-10-20(18)11-8-14/h1-5,14-15,17-18H,6-12,19H2/t15-,17+,18+/m1/s1. The normalized spacial score (nSPS) is 36.4. The van der Waals surface area contributed by atoms with Gasteiger partial charge >= 0.3 is 0 Å². The van der Waals surface area contributed by atoms with E-state index < -0.39 is 0 Å². The van der Waals surface area contributed by atoms with Crippen molar-refractivity contribution in [1.29, 1.82) is 0 Å². The van der Waals surface area contributed by atoms with Gasteiger partial charge in [0.05, 0.1) is 6.04 Å². The molecule has 5 rings (SSSR count). The summed E-state index contributed by atoms with van der Waals surface area (Å²) in [7, 11) is 0. The van der Waals surface area contributed by atoms with E-state index in [1.54, 1.807) is 0 Å². The smallest absolute Gasteiger partial charge is 0.224 e. The van der Waals surface area contributed by atoms with Gasteiger partial charge in [0.15, 0.2) is 0 Å². The first kappa shape index (κ1) is 14.2. The summed E-state index contributed by atoms with van der Waals surface area (Å²) in [5.41, 5.74) is 7.01. The number of carbonyl (C=O) groups is 1. The van der Waals surface area contributed by atoms with Crippen molar-refractivity contribution in [3.8, 4) is 0 Å². The second-order valence-corrected chi connectivity index (χ2v) is 6.96. The molecule has 4 aliphatic rings. The van der Waals surface area contributed by atoms with Crippen LogP contribution in [0.25, 0.3) is 0 Å². The van der Waals surface area contributed by atoms with E-state index in [-0.39, 0.29) is 5.91 Å². The minimum Gasteiger partial charge on any atom is -0.337 e. The molecule has 2 bridgehead atoms. The SMILES string of the molecule is NCCC(=O)N1C[C@H](c2ccccc2)[C@H]2[C@@H]1C1CCN2CC1. The van der Waals surface area contributed by atoms with Crippen LogP contribution < -0.4 is 5.73 Å². The average Bonchev–Trinajstić information content (AvgIpc) is 3.00. The van der Waals surface area contributed by atoms with Crippen LogP contribution in [0.3, 0.4) is 0 Å². The number of amides is 1. The number of nitrogens with two attached hydrogens (primary N) is 1. The molecule has 1 amide bonds. The summed E-state index contributed by atoms with van der Waals surface area (Å²) in [6.45, 7) is 3.73. The first-order valence-corrected chi connectivity index (χ1v) is 8.58. The number of hydrogen-bond acceptors (Lipinski definition) is 3. The molecule has 4 nitrogen and oxygen atoms in total. The second-order valence-electron chi connectivity index (χ2n) is 6.96. The highest BCUT2D eigenvalue weighted by Gasteiger charge is 2.54. The van der Waals surface area contributed by atoms with Crippen molar-refractivity contribution >= 4 is 5.91 Å².